The smallest absolute Gasteiger partial charge is 0.0512 e. The Morgan fingerprint density at radius 2 is 1.39 bits per heavy atom. The van der Waals surface area contributed by atoms with Gasteiger partial charge in [-0.3, -0.25) is 0 Å². The van der Waals surface area contributed by atoms with Gasteiger partial charge < -0.3 is 24.8 Å². The summed E-state index contributed by atoms with van der Waals surface area (Å²) in [6.07, 6.45) is 5.44. The molecule has 0 atom stereocenters. The van der Waals surface area contributed by atoms with Crippen molar-refractivity contribution in [3.8, 4) is 0 Å². The summed E-state index contributed by atoms with van der Waals surface area (Å²) in [5.74, 6) is 1.34. The molecule has 3 heteroatoms. The van der Waals surface area contributed by atoms with Crippen LogP contribution in [0.1, 0.15) is 87.1 Å². The Morgan fingerprint density at radius 1 is 0.839 bits per heavy atom. The standard InChI is InChI=1S/C11H17.C9H11.C8H8.2ClH.Zr/c1-8(2)10-6-5-7-11(10)9(3)4;1-2-5-9-7-3-6-8(9)4-1;1-2-8-6-4-3-5-7-8;;;/h5-9H,1-4H3;3,6-7H,1-2,4-5H2;3-7H,1H3;2*1H;/q2*-1;;;;+2/p-2. The fraction of sp³-hybridized carbons (Fsp3) is 0.393. The van der Waals surface area contributed by atoms with Gasteiger partial charge in [-0.1, -0.05) is 65.2 Å². The quantitative estimate of drug-likeness (QED) is 0.449. The summed E-state index contributed by atoms with van der Waals surface area (Å²) in [5, 5.41) is 0. The van der Waals surface area contributed by atoms with Gasteiger partial charge in [-0.25, -0.2) is 6.07 Å². The zero-order valence-corrected chi connectivity index (χ0v) is 23.6. The SMILES string of the molecule is CC(C)c1c[cH-]cc1C(C)C.C[C](=[Zr+2])c1ccccc1.[Cl-].[Cl-].c1cc2c([cH-]1)CCCC2. The van der Waals surface area contributed by atoms with E-state index in [2.05, 4.69) is 95.3 Å². The van der Waals surface area contributed by atoms with Crippen molar-refractivity contribution in [3.63, 3.8) is 0 Å². The third-order valence-corrected chi connectivity index (χ3v) is 6.19. The van der Waals surface area contributed by atoms with Crippen molar-refractivity contribution in [1.29, 1.82) is 0 Å². The van der Waals surface area contributed by atoms with Crippen LogP contribution >= 0.6 is 0 Å². The molecule has 0 heterocycles. The number of hydrogen-bond acceptors (Lipinski definition) is 0. The molecular weight excluding hydrogens is 498 g/mol. The van der Waals surface area contributed by atoms with E-state index >= 15 is 0 Å². The monoisotopic (exact) mass is 532 g/mol. The van der Waals surface area contributed by atoms with Crippen molar-refractivity contribution in [3.05, 3.63) is 94.5 Å². The number of fused-ring (bicyclic) bond motifs is 1. The van der Waals surface area contributed by atoms with Crippen LogP contribution in [-0.2, 0) is 37.1 Å². The summed E-state index contributed by atoms with van der Waals surface area (Å²) in [4.78, 5) is 0. The third-order valence-electron chi connectivity index (χ3n) is 5.49. The Hall–Kier alpha value is -0.747. The van der Waals surface area contributed by atoms with E-state index in [1.165, 1.54) is 69.8 Å². The number of aryl methyl sites for hydroxylation is 2. The fourth-order valence-corrected chi connectivity index (χ4v) is 4.21. The van der Waals surface area contributed by atoms with Crippen molar-refractivity contribution >= 4 is 3.21 Å². The molecule has 0 aromatic heterocycles. The summed E-state index contributed by atoms with van der Waals surface area (Å²) in [6, 6.07) is 23.8. The summed E-state index contributed by atoms with van der Waals surface area (Å²) in [5.41, 5.74) is 7.60. The first-order chi connectivity index (χ1) is 13.9. The molecule has 0 N–H and O–H groups in total. The Labute approximate surface area is 217 Å². The van der Waals surface area contributed by atoms with Crippen molar-refractivity contribution in [2.24, 2.45) is 0 Å². The van der Waals surface area contributed by atoms with Gasteiger partial charge in [0.05, 0.1) is 0 Å². The van der Waals surface area contributed by atoms with Gasteiger partial charge in [0, 0.05) is 0 Å². The van der Waals surface area contributed by atoms with Gasteiger partial charge in [-0.15, -0.1) is 0 Å². The molecule has 0 fully saturated rings. The van der Waals surface area contributed by atoms with Crippen LogP contribution in [-0.4, -0.2) is 3.21 Å². The van der Waals surface area contributed by atoms with Gasteiger partial charge in [-0.2, -0.15) is 52.6 Å². The summed E-state index contributed by atoms with van der Waals surface area (Å²) < 4.78 is 1.46. The van der Waals surface area contributed by atoms with Gasteiger partial charge in [0.1, 0.15) is 0 Å². The van der Waals surface area contributed by atoms with Crippen LogP contribution in [0.4, 0.5) is 0 Å². The molecule has 0 bridgehead atoms. The first-order valence-corrected chi connectivity index (χ1v) is 12.2. The van der Waals surface area contributed by atoms with E-state index in [-0.39, 0.29) is 24.8 Å². The molecule has 1 aliphatic carbocycles. The second-order valence-electron chi connectivity index (χ2n) is 8.52. The molecule has 0 amide bonds. The number of benzene rings is 1. The van der Waals surface area contributed by atoms with Gasteiger partial charge >= 0.3 is 70.3 Å². The molecular formula is C28H36Cl2Zr-2. The first-order valence-electron chi connectivity index (χ1n) is 11.0. The zero-order chi connectivity index (χ0) is 21.2. The molecule has 0 nitrogen and oxygen atoms in total. The molecule has 1 aliphatic rings. The van der Waals surface area contributed by atoms with Crippen LogP contribution in [0, 0.1) is 0 Å². The average Bonchev–Trinajstić information content (AvgIpc) is 3.39. The van der Waals surface area contributed by atoms with E-state index in [1.807, 2.05) is 6.07 Å². The molecule has 168 valence electrons. The second kappa shape index (κ2) is 16.0. The van der Waals surface area contributed by atoms with Gasteiger partial charge in [0.25, 0.3) is 0 Å². The molecule has 3 aromatic rings. The van der Waals surface area contributed by atoms with E-state index in [9.17, 15) is 0 Å². The minimum absolute atomic E-state index is 0. The molecule has 0 saturated heterocycles. The first kappa shape index (κ1) is 30.3. The third kappa shape index (κ3) is 10.2. The van der Waals surface area contributed by atoms with Crippen LogP contribution < -0.4 is 24.8 Å². The Kier molecular flexibility index (Phi) is 15.6. The molecule has 0 saturated carbocycles. The topological polar surface area (TPSA) is 0 Å². The van der Waals surface area contributed by atoms with Gasteiger partial charge in [0.15, 0.2) is 0 Å². The number of hydrogen-bond donors (Lipinski definition) is 0. The minimum atomic E-state index is 0. The molecule has 0 spiro atoms. The maximum absolute atomic E-state index is 2.26. The zero-order valence-electron chi connectivity index (χ0n) is 19.6. The Balaban J connectivity index is 0.000000424. The van der Waals surface area contributed by atoms with Crippen LogP contribution in [0.25, 0.3) is 0 Å². The molecule has 31 heavy (non-hydrogen) atoms. The van der Waals surface area contributed by atoms with E-state index < -0.39 is 0 Å². The summed E-state index contributed by atoms with van der Waals surface area (Å²) in [7, 11) is 0. The maximum atomic E-state index is 2.26. The minimum Gasteiger partial charge on any atom is -1.00 e. The average molecular weight is 535 g/mol. The molecule has 0 radical (unpaired) electrons. The van der Waals surface area contributed by atoms with Gasteiger partial charge in [-0.05, 0) is 0 Å². The maximum Gasteiger partial charge on any atom is -0.0512 e. The Morgan fingerprint density at radius 3 is 1.84 bits per heavy atom. The van der Waals surface area contributed by atoms with Crippen molar-refractivity contribution < 1.29 is 49.0 Å². The number of halogens is 2. The second-order valence-corrected chi connectivity index (χ2v) is 10.4. The largest absolute Gasteiger partial charge is 1.00 e. The van der Waals surface area contributed by atoms with Crippen molar-refractivity contribution in [2.75, 3.05) is 0 Å². The van der Waals surface area contributed by atoms with Crippen LogP contribution in [0.5, 0.6) is 0 Å². The van der Waals surface area contributed by atoms with E-state index in [0.29, 0.717) is 11.8 Å². The van der Waals surface area contributed by atoms with E-state index in [0.717, 1.165) is 0 Å². The van der Waals surface area contributed by atoms with E-state index in [4.69, 9.17) is 0 Å². The predicted molar refractivity (Wildman–Crippen MR) is 125 cm³/mol. The molecule has 4 rings (SSSR count). The summed E-state index contributed by atoms with van der Waals surface area (Å²) in [6.45, 7) is 11.2. The number of rotatable bonds is 3. The van der Waals surface area contributed by atoms with Crippen LogP contribution in [0.15, 0.2) is 66.7 Å². The molecule has 0 aliphatic heterocycles. The predicted octanol–water partition coefficient (Wildman–Crippen LogP) is 1.72. The van der Waals surface area contributed by atoms with Gasteiger partial charge in [0.2, 0.25) is 0 Å². The van der Waals surface area contributed by atoms with Crippen molar-refractivity contribution in [1.82, 2.24) is 0 Å². The summed E-state index contributed by atoms with van der Waals surface area (Å²) >= 11 is 1.51. The van der Waals surface area contributed by atoms with Crippen molar-refractivity contribution in [2.45, 2.75) is 72.1 Å². The fourth-order valence-electron chi connectivity index (χ4n) is 3.80. The normalized spacial score (nSPS) is 11.8. The molecule has 3 aromatic carbocycles. The van der Waals surface area contributed by atoms with Crippen LogP contribution in [0.2, 0.25) is 0 Å². The Bertz CT molecular complexity index is 813. The van der Waals surface area contributed by atoms with Crippen LogP contribution in [0.3, 0.4) is 0 Å². The molecule has 0 unspecified atom stereocenters. The van der Waals surface area contributed by atoms with E-state index in [1.54, 1.807) is 11.1 Å².